The van der Waals surface area contributed by atoms with Gasteiger partial charge in [0.25, 0.3) is 0 Å². The zero-order valence-electron chi connectivity index (χ0n) is 14.5. The lowest BCUT2D eigenvalue weighted by Crippen LogP contribution is -2.43. The van der Waals surface area contributed by atoms with Gasteiger partial charge in [0.2, 0.25) is 0 Å². The highest BCUT2D eigenvalue weighted by Gasteiger charge is 2.41. The molecule has 128 valence electrons. The van der Waals surface area contributed by atoms with Crippen molar-refractivity contribution < 1.29 is 9.47 Å². The van der Waals surface area contributed by atoms with Gasteiger partial charge >= 0.3 is 0 Å². The second-order valence-electron chi connectivity index (χ2n) is 6.99. The lowest BCUT2D eigenvalue weighted by molar-refractivity contribution is -0.151. The normalized spacial score (nSPS) is 24.8. The molecule has 1 fully saturated rings. The van der Waals surface area contributed by atoms with Crippen molar-refractivity contribution in [2.24, 2.45) is 0 Å². The molecule has 0 saturated carbocycles. The van der Waals surface area contributed by atoms with E-state index in [9.17, 15) is 5.26 Å². The molecular formula is C21H22N2O2. The first kappa shape index (κ1) is 16.1. The Hall–Kier alpha value is -2.35. The SMILES string of the molecule is CC(C)c1ccc2c(c1)C1OCCOC1C(c1cccc(C#N)c1)N2. The summed E-state index contributed by atoms with van der Waals surface area (Å²) < 4.78 is 12.2. The Morgan fingerprint density at radius 3 is 2.76 bits per heavy atom. The van der Waals surface area contributed by atoms with E-state index < -0.39 is 0 Å². The van der Waals surface area contributed by atoms with Crippen LogP contribution in [0.5, 0.6) is 0 Å². The van der Waals surface area contributed by atoms with Crippen LogP contribution in [0.15, 0.2) is 42.5 Å². The smallest absolute Gasteiger partial charge is 0.113 e. The molecule has 2 aliphatic heterocycles. The number of rotatable bonds is 2. The first-order valence-corrected chi connectivity index (χ1v) is 8.81. The minimum atomic E-state index is -0.0994. The third-order valence-corrected chi connectivity index (χ3v) is 5.05. The number of fused-ring (bicyclic) bond motifs is 3. The molecule has 25 heavy (non-hydrogen) atoms. The summed E-state index contributed by atoms with van der Waals surface area (Å²) in [5, 5.41) is 12.8. The molecule has 0 amide bonds. The summed E-state index contributed by atoms with van der Waals surface area (Å²) in [7, 11) is 0. The van der Waals surface area contributed by atoms with Crippen molar-refractivity contribution in [3.05, 3.63) is 64.7 Å². The number of hydrogen-bond donors (Lipinski definition) is 1. The molecule has 0 spiro atoms. The third-order valence-electron chi connectivity index (χ3n) is 5.05. The highest BCUT2D eigenvalue weighted by molar-refractivity contribution is 5.59. The summed E-state index contributed by atoms with van der Waals surface area (Å²) in [6.07, 6.45) is -0.183. The average molecular weight is 334 g/mol. The van der Waals surface area contributed by atoms with Crippen LogP contribution in [0.1, 0.15) is 54.2 Å². The number of nitrogens with one attached hydrogen (secondary N) is 1. The summed E-state index contributed by atoms with van der Waals surface area (Å²) in [5.41, 5.74) is 5.28. The lowest BCUT2D eigenvalue weighted by atomic mass is 9.85. The lowest BCUT2D eigenvalue weighted by Gasteiger charge is -2.43. The minimum absolute atomic E-state index is 0.0315. The van der Waals surface area contributed by atoms with Gasteiger partial charge in [0.15, 0.2) is 0 Å². The largest absolute Gasteiger partial charge is 0.375 e. The van der Waals surface area contributed by atoms with Crippen molar-refractivity contribution >= 4 is 5.69 Å². The van der Waals surface area contributed by atoms with Gasteiger partial charge in [0.05, 0.1) is 30.9 Å². The Kier molecular flexibility index (Phi) is 4.20. The zero-order valence-corrected chi connectivity index (χ0v) is 14.5. The van der Waals surface area contributed by atoms with Crippen molar-refractivity contribution in [2.45, 2.75) is 38.0 Å². The Morgan fingerprint density at radius 2 is 1.96 bits per heavy atom. The number of nitriles is 1. The summed E-state index contributed by atoms with van der Waals surface area (Å²) in [4.78, 5) is 0. The monoisotopic (exact) mass is 334 g/mol. The number of benzene rings is 2. The molecule has 4 nitrogen and oxygen atoms in total. The van der Waals surface area contributed by atoms with E-state index in [0.29, 0.717) is 24.7 Å². The Bertz CT molecular complexity index is 825. The fraction of sp³-hybridized carbons (Fsp3) is 0.381. The molecule has 0 bridgehead atoms. The van der Waals surface area contributed by atoms with Crippen LogP contribution in [0.3, 0.4) is 0 Å². The van der Waals surface area contributed by atoms with Crippen LogP contribution < -0.4 is 5.32 Å². The molecule has 0 aliphatic carbocycles. The van der Waals surface area contributed by atoms with Crippen molar-refractivity contribution in [1.29, 1.82) is 5.26 Å². The van der Waals surface area contributed by atoms with E-state index in [1.165, 1.54) is 11.1 Å². The fourth-order valence-electron chi connectivity index (χ4n) is 3.71. The number of hydrogen-bond acceptors (Lipinski definition) is 4. The molecule has 2 aromatic rings. The van der Waals surface area contributed by atoms with Crippen LogP contribution in [-0.4, -0.2) is 19.3 Å². The van der Waals surface area contributed by atoms with E-state index >= 15 is 0 Å². The summed E-state index contributed by atoms with van der Waals surface area (Å²) in [6.45, 7) is 5.60. The van der Waals surface area contributed by atoms with Crippen LogP contribution in [-0.2, 0) is 9.47 Å². The number of anilines is 1. The quantitative estimate of drug-likeness (QED) is 0.889. The highest BCUT2D eigenvalue weighted by atomic mass is 16.6. The van der Waals surface area contributed by atoms with Gasteiger partial charge in [-0.15, -0.1) is 0 Å². The Labute approximate surface area is 148 Å². The Morgan fingerprint density at radius 1 is 1.12 bits per heavy atom. The van der Waals surface area contributed by atoms with Crippen LogP contribution in [0.25, 0.3) is 0 Å². The van der Waals surface area contributed by atoms with Crippen molar-refractivity contribution in [1.82, 2.24) is 0 Å². The molecule has 3 atom stereocenters. The maximum absolute atomic E-state index is 9.21. The predicted molar refractivity (Wildman–Crippen MR) is 96.5 cm³/mol. The van der Waals surface area contributed by atoms with Crippen molar-refractivity contribution in [3.8, 4) is 6.07 Å². The van der Waals surface area contributed by atoms with Gasteiger partial charge < -0.3 is 14.8 Å². The van der Waals surface area contributed by atoms with E-state index in [4.69, 9.17) is 9.47 Å². The van der Waals surface area contributed by atoms with E-state index in [2.05, 4.69) is 43.4 Å². The van der Waals surface area contributed by atoms with Crippen molar-refractivity contribution in [2.75, 3.05) is 18.5 Å². The van der Waals surface area contributed by atoms with Gasteiger partial charge in [-0.25, -0.2) is 0 Å². The Balaban J connectivity index is 1.77. The molecule has 4 rings (SSSR count). The summed E-state index contributed by atoms with van der Waals surface area (Å²) in [6, 6.07) is 16.5. The average Bonchev–Trinajstić information content (AvgIpc) is 2.67. The van der Waals surface area contributed by atoms with Gasteiger partial charge in [-0.05, 0) is 35.2 Å². The standard InChI is InChI=1S/C21H22N2O2/c1-13(2)15-6-7-18-17(11-15)20-21(25-9-8-24-20)19(23-18)16-5-3-4-14(10-16)12-22/h3-7,10-11,13,19-21,23H,8-9H2,1-2H3. The second kappa shape index (κ2) is 6.51. The molecule has 1 N–H and O–H groups in total. The molecule has 2 heterocycles. The van der Waals surface area contributed by atoms with Crippen LogP contribution in [0, 0.1) is 11.3 Å². The molecule has 3 unspecified atom stereocenters. The molecular weight excluding hydrogens is 312 g/mol. The van der Waals surface area contributed by atoms with E-state index in [0.717, 1.165) is 11.3 Å². The van der Waals surface area contributed by atoms with Crippen LogP contribution >= 0.6 is 0 Å². The molecule has 0 radical (unpaired) electrons. The van der Waals surface area contributed by atoms with Gasteiger partial charge in [-0.1, -0.05) is 38.1 Å². The topological polar surface area (TPSA) is 54.3 Å². The molecule has 0 aromatic heterocycles. The molecule has 2 aliphatic rings. The first-order valence-electron chi connectivity index (χ1n) is 8.81. The van der Waals surface area contributed by atoms with E-state index in [1.54, 1.807) is 0 Å². The van der Waals surface area contributed by atoms with Gasteiger partial charge in [-0.3, -0.25) is 0 Å². The minimum Gasteiger partial charge on any atom is -0.375 e. The third kappa shape index (κ3) is 2.90. The van der Waals surface area contributed by atoms with E-state index in [1.807, 2.05) is 24.3 Å². The van der Waals surface area contributed by atoms with Gasteiger partial charge in [0, 0.05) is 11.3 Å². The highest BCUT2D eigenvalue weighted by Crippen LogP contribution is 2.45. The first-order chi connectivity index (χ1) is 12.2. The zero-order chi connectivity index (χ0) is 17.4. The van der Waals surface area contributed by atoms with Gasteiger partial charge in [-0.2, -0.15) is 5.26 Å². The van der Waals surface area contributed by atoms with Gasteiger partial charge in [0.1, 0.15) is 12.2 Å². The van der Waals surface area contributed by atoms with Crippen LogP contribution in [0.2, 0.25) is 0 Å². The fourth-order valence-corrected chi connectivity index (χ4v) is 3.71. The summed E-state index contributed by atoms with van der Waals surface area (Å²) >= 11 is 0. The summed E-state index contributed by atoms with van der Waals surface area (Å²) in [5.74, 6) is 0.471. The molecule has 4 heteroatoms. The van der Waals surface area contributed by atoms with E-state index in [-0.39, 0.29) is 18.2 Å². The van der Waals surface area contributed by atoms with Crippen LogP contribution in [0.4, 0.5) is 5.69 Å². The molecule has 2 aromatic carbocycles. The number of ether oxygens (including phenoxy) is 2. The van der Waals surface area contributed by atoms with Crippen molar-refractivity contribution in [3.63, 3.8) is 0 Å². The predicted octanol–water partition coefficient (Wildman–Crippen LogP) is 4.30. The maximum atomic E-state index is 9.21. The maximum Gasteiger partial charge on any atom is 0.113 e. The second-order valence-corrected chi connectivity index (χ2v) is 6.99. The molecule has 1 saturated heterocycles. The number of nitrogens with zero attached hydrogens (tertiary/aromatic N) is 1.